The number of nitrogens with one attached hydrogen (secondary N) is 1. The second kappa shape index (κ2) is 4.33. The molecular formula is C8H12N3O+. The molecule has 0 aliphatic rings. The van der Waals surface area contributed by atoms with Gasteiger partial charge in [-0.1, -0.05) is 11.2 Å². The Morgan fingerprint density at radius 2 is 2.50 bits per heavy atom. The minimum Gasteiger partial charge on any atom is -0.411 e. The summed E-state index contributed by atoms with van der Waals surface area (Å²) in [5.41, 5.74) is 0. The summed E-state index contributed by atoms with van der Waals surface area (Å²) in [6, 6.07) is 5.82. The molecule has 2 N–H and O–H groups in total. The second-order valence-corrected chi connectivity index (χ2v) is 2.29. The average Bonchev–Trinajstić information content (AvgIpc) is 2.15. The maximum atomic E-state index is 8.23. The molecule has 0 aromatic carbocycles. The van der Waals surface area contributed by atoms with Crippen molar-refractivity contribution in [2.75, 3.05) is 12.4 Å². The Morgan fingerprint density at radius 1 is 1.67 bits per heavy atom. The molecule has 0 aliphatic heterocycles. The first-order valence-electron chi connectivity index (χ1n) is 3.70. The van der Waals surface area contributed by atoms with Gasteiger partial charge in [0, 0.05) is 6.07 Å². The van der Waals surface area contributed by atoms with Gasteiger partial charge in [0.05, 0.1) is 19.5 Å². The molecule has 0 aliphatic carbocycles. The van der Waals surface area contributed by atoms with Crippen molar-refractivity contribution in [1.82, 2.24) is 0 Å². The zero-order valence-corrected chi connectivity index (χ0v) is 6.94. The van der Waals surface area contributed by atoms with Crippen molar-refractivity contribution < 1.29 is 9.77 Å². The van der Waals surface area contributed by atoms with Crippen LogP contribution in [0, 0.1) is 0 Å². The minimum atomic E-state index is 0.563. The number of pyridine rings is 1. The van der Waals surface area contributed by atoms with Crippen LogP contribution in [0.15, 0.2) is 29.6 Å². The smallest absolute Gasteiger partial charge is 0.274 e. The van der Waals surface area contributed by atoms with Crippen molar-refractivity contribution in [2.24, 2.45) is 5.16 Å². The van der Waals surface area contributed by atoms with Gasteiger partial charge in [-0.15, -0.1) is 0 Å². The lowest BCUT2D eigenvalue weighted by molar-refractivity contribution is -0.666. The lowest BCUT2D eigenvalue weighted by atomic mass is 10.4. The fourth-order valence-corrected chi connectivity index (χ4v) is 0.987. The highest BCUT2D eigenvalue weighted by atomic mass is 16.4. The molecule has 1 rings (SSSR count). The van der Waals surface area contributed by atoms with Crippen molar-refractivity contribution in [1.29, 1.82) is 0 Å². The predicted octanol–water partition coefficient (Wildman–Crippen LogP) is 0.476. The molecule has 0 bridgehead atoms. The molecule has 0 saturated heterocycles. The summed E-state index contributed by atoms with van der Waals surface area (Å²) in [6.07, 6.45) is 3.34. The third kappa shape index (κ3) is 1.95. The fourth-order valence-electron chi connectivity index (χ4n) is 0.987. The number of nitrogens with zero attached hydrogens (tertiary/aromatic N) is 2. The van der Waals surface area contributed by atoms with Gasteiger partial charge in [-0.25, -0.2) is 4.57 Å². The van der Waals surface area contributed by atoms with E-state index in [2.05, 4.69) is 10.5 Å². The highest BCUT2D eigenvalue weighted by molar-refractivity contribution is 5.54. The van der Waals surface area contributed by atoms with Crippen molar-refractivity contribution in [2.45, 2.75) is 6.54 Å². The topological polar surface area (TPSA) is 48.5 Å². The van der Waals surface area contributed by atoms with E-state index in [0.29, 0.717) is 6.54 Å². The summed E-state index contributed by atoms with van der Waals surface area (Å²) in [5, 5.41) is 14.2. The molecule has 12 heavy (non-hydrogen) atoms. The van der Waals surface area contributed by atoms with Crippen LogP contribution in [0.25, 0.3) is 0 Å². The number of anilines is 1. The predicted molar refractivity (Wildman–Crippen MR) is 46.5 cm³/mol. The number of aromatic nitrogens is 1. The molecule has 0 atom stereocenters. The van der Waals surface area contributed by atoms with E-state index in [1.807, 2.05) is 36.0 Å². The van der Waals surface area contributed by atoms with Gasteiger partial charge >= 0.3 is 0 Å². The highest BCUT2D eigenvalue weighted by Gasteiger charge is 2.01. The standard InChI is InChI=1S/C8H11N3O/c1-9-8-4-2-3-6-11(8)7-5-10-12/h2-6,12H,7H2,1H3/p+1/b10-5+. The molecule has 0 radical (unpaired) electrons. The Kier molecular flexibility index (Phi) is 3.07. The fraction of sp³-hybridized carbons (Fsp3) is 0.250. The van der Waals surface area contributed by atoms with Gasteiger partial charge in [0.25, 0.3) is 5.82 Å². The first-order valence-corrected chi connectivity index (χ1v) is 3.70. The number of oxime groups is 1. The summed E-state index contributed by atoms with van der Waals surface area (Å²) in [7, 11) is 1.85. The van der Waals surface area contributed by atoms with Crippen LogP contribution >= 0.6 is 0 Å². The van der Waals surface area contributed by atoms with Crippen LogP contribution in [0.1, 0.15) is 0 Å². The molecular weight excluding hydrogens is 154 g/mol. The van der Waals surface area contributed by atoms with Gasteiger partial charge < -0.3 is 5.21 Å². The molecule has 1 aromatic rings. The van der Waals surface area contributed by atoms with Gasteiger partial charge in [-0.3, -0.25) is 5.32 Å². The summed E-state index contributed by atoms with van der Waals surface area (Å²) in [5.74, 6) is 0.984. The molecule has 1 aromatic heterocycles. The second-order valence-electron chi connectivity index (χ2n) is 2.29. The summed E-state index contributed by atoms with van der Waals surface area (Å²) in [6.45, 7) is 0.563. The van der Waals surface area contributed by atoms with Crippen LogP contribution in [-0.4, -0.2) is 18.5 Å². The molecule has 0 saturated carbocycles. The number of hydrogen-bond acceptors (Lipinski definition) is 3. The Morgan fingerprint density at radius 3 is 3.17 bits per heavy atom. The van der Waals surface area contributed by atoms with Gasteiger partial charge in [-0.2, -0.15) is 0 Å². The summed E-state index contributed by atoms with van der Waals surface area (Å²) >= 11 is 0. The van der Waals surface area contributed by atoms with Crippen LogP contribution in [0.3, 0.4) is 0 Å². The third-order valence-corrected chi connectivity index (χ3v) is 1.56. The lowest BCUT2D eigenvalue weighted by Gasteiger charge is -1.99. The van der Waals surface area contributed by atoms with Crippen LogP contribution in [0.4, 0.5) is 5.82 Å². The van der Waals surface area contributed by atoms with E-state index in [0.717, 1.165) is 5.82 Å². The summed E-state index contributed by atoms with van der Waals surface area (Å²) < 4.78 is 1.93. The molecule has 4 heteroatoms. The third-order valence-electron chi connectivity index (χ3n) is 1.56. The van der Waals surface area contributed by atoms with Gasteiger partial charge in [0.1, 0.15) is 6.54 Å². The van der Waals surface area contributed by atoms with E-state index < -0.39 is 0 Å². The Hall–Kier alpha value is -1.58. The maximum Gasteiger partial charge on any atom is 0.274 e. The average molecular weight is 166 g/mol. The first kappa shape index (κ1) is 8.52. The van der Waals surface area contributed by atoms with Crippen molar-refractivity contribution in [3.05, 3.63) is 24.4 Å². The van der Waals surface area contributed by atoms with Gasteiger partial charge in [0.2, 0.25) is 0 Å². The molecule has 64 valence electrons. The Balaban J connectivity index is 2.81. The van der Waals surface area contributed by atoms with Crippen LogP contribution in [0.5, 0.6) is 0 Å². The van der Waals surface area contributed by atoms with E-state index in [-0.39, 0.29) is 0 Å². The van der Waals surface area contributed by atoms with Crippen molar-refractivity contribution in [3.63, 3.8) is 0 Å². The Bertz CT molecular complexity index is 273. The lowest BCUT2D eigenvalue weighted by Crippen LogP contribution is -2.36. The van der Waals surface area contributed by atoms with Crippen molar-refractivity contribution >= 4 is 12.0 Å². The van der Waals surface area contributed by atoms with Crippen LogP contribution in [0.2, 0.25) is 0 Å². The zero-order valence-electron chi connectivity index (χ0n) is 6.94. The van der Waals surface area contributed by atoms with Crippen molar-refractivity contribution in [3.8, 4) is 0 Å². The van der Waals surface area contributed by atoms with Crippen LogP contribution in [-0.2, 0) is 6.54 Å². The SMILES string of the molecule is CNc1cccc[n+]1C/C=N/O. The van der Waals surface area contributed by atoms with E-state index in [1.54, 1.807) is 0 Å². The zero-order chi connectivity index (χ0) is 8.81. The largest absolute Gasteiger partial charge is 0.411 e. The molecule has 0 spiro atoms. The normalized spacial score (nSPS) is 10.4. The van der Waals surface area contributed by atoms with E-state index in [4.69, 9.17) is 5.21 Å². The van der Waals surface area contributed by atoms with Gasteiger partial charge in [0.15, 0.2) is 0 Å². The molecule has 0 fully saturated rings. The van der Waals surface area contributed by atoms with Crippen LogP contribution < -0.4 is 9.88 Å². The first-order chi connectivity index (χ1) is 5.88. The monoisotopic (exact) mass is 166 g/mol. The van der Waals surface area contributed by atoms with E-state index >= 15 is 0 Å². The van der Waals surface area contributed by atoms with E-state index in [1.165, 1.54) is 6.21 Å². The van der Waals surface area contributed by atoms with Gasteiger partial charge in [-0.05, 0) is 6.07 Å². The molecule has 4 nitrogen and oxygen atoms in total. The minimum absolute atomic E-state index is 0.563. The number of hydrogen-bond donors (Lipinski definition) is 2. The summed E-state index contributed by atoms with van der Waals surface area (Å²) in [4.78, 5) is 0. The van der Waals surface area contributed by atoms with E-state index in [9.17, 15) is 0 Å². The quantitative estimate of drug-likeness (QED) is 0.297. The molecule has 0 unspecified atom stereocenters. The maximum absolute atomic E-state index is 8.23. The molecule has 0 amide bonds. The highest BCUT2D eigenvalue weighted by Crippen LogP contribution is 1.94. The number of rotatable bonds is 3. The Labute approximate surface area is 71.1 Å². The molecule has 1 heterocycles.